The summed E-state index contributed by atoms with van der Waals surface area (Å²) in [5, 5.41) is 3.28. The standard InChI is InChI=1S/C14H21BrN2O4S/c1-9-11(5-4-6-16-9)17-22(18,19)14-7-10(15)12(20-2)8-13(14)21-3/h7-9,11,16-17H,4-6H2,1-3H3. The van der Waals surface area contributed by atoms with Gasteiger partial charge in [0.25, 0.3) is 0 Å². The lowest BCUT2D eigenvalue weighted by molar-refractivity contribution is 0.347. The van der Waals surface area contributed by atoms with Gasteiger partial charge >= 0.3 is 0 Å². The van der Waals surface area contributed by atoms with E-state index in [9.17, 15) is 8.42 Å². The highest BCUT2D eigenvalue weighted by Crippen LogP contribution is 2.35. The molecule has 0 aromatic heterocycles. The summed E-state index contributed by atoms with van der Waals surface area (Å²) in [4.78, 5) is 0.0976. The summed E-state index contributed by atoms with van der Waals surface area (Å²) in [5.41, 5.74) is 0. The van der Waals surface area contributed by atoms with Crippen molar-refractivity contribution in [1.82, 2.24) is 10.0 Å². The maximum atomic E-state index is 12.7. The summed E-state index contributed by atoms with van der Waals surface area (Å²) in [6.07, 6.45) is 1.76. The van der Waals surface area contributed by atoms with Crippen LogP contribution in [-0.4, -0.2) is 41.3 Å². The third-order valence-corrected chi connectivity index (χ3v) is 5.93. The first-order valence-electron chi connectivity index (χ1n) is 7.06. The zero-order valence-corrected chi connectivity index (χ0v) is 15.3. The van der Waals surface area contributed by atoms with Crippen LogP contribution in [0.25, 0.3) is 0 Å². The minimum atomic E-state index is -3.68. The molecule has 1 heterocycles. The Hall–Kier alpha value is -0.830. The molecule has 2 atom stereocenters. The van der Waals surface area contributed by atoms with E-state index in [1.165, 1.54) is 20.3 Å². The van der Waals surface area contributed by atoms with Crippen LogP contribution in [0.3, 0.4) is 0 Å². The molecule has 2 N–H and O–H groups in total. The van der Waals surface area contributed by atoms with E-state index in [1.54, 1.807) is 6.07 Å². The first kappa shape index (κ1) is 17.5. The fourth-order valence-electron chi connectivity index (χ4n) is 2.51. The van der Waals surface area contributed by atoms with E-state index in [4.69, 9.17) is 9.47 Å². The molecule has 1 aromatic rings. The van der Waals surface area contributed by atoms with Crippen LogP contribution in [0, 0.1) is 0 Å². The van der Waals surface area contributed by atoms with Crippen LogP contribution < -0.4 is 19.5 Å². The first-order chi connectivity index (χ1) is 10.4. The molecule has 0 amide bonds. The lowest BCUT2D eigenvalue weighted by atomic mass is 10.0. The van der Waals surface area contributed by atoms with Crippen molar-refractivity contribution in [3.8, 4) is 11.5 Å². The van der Waals surface area contributed by atoms with Crippen molar-refractivity contribution in [2.24, 2.45) is 0 Å². The number of hydrogen-bond donors (Lipinski definition) is 2. The second kappa shape index (κ2) is 7.16. The zero-order chi connectivity index (χ0) is 16.3. The molecule has 2 unspecified atom stereocenters. The topological polar surface area (TPSA) is 76.7 Å². The maximum absolute atomic E-state index is 12.7. The molecule has 6 nitrogen and oxygen atoms in total. The number of sulfonamides is 1. The Bertz CT molecular complexity index is 636. The van der Waals surface area contributed by atoms with E-state index in [1.807, 2.05) is 6.92 Å². The van der Waals surface area contributed by atoms with Gasteiger partial charge in [-0.25, -0.2) is 13.1 Å². The van der Waals surface area contributed by atoms with Gasteiger partial charge in [-0.05, 0) is 48.3 Å². The highest BCUT2D eigenvalue weighted by molar-refractivity contribution is 9.10. The Morgan fingerprint density at radius 3 is 2.55 bits per heavy atom. The van der Waals surface area contributed by atoms with Crippen LogP contribution in [0.2, 0.25) is 0 Å². The average Bonchev–Trinajstić information content (AvgIpc) is 2.49. The second-order valence-corrected chi connectivity index (χ2v) is 7.79. The molecule has 0 aliphatic carbocycles. The fourth-order valence-corrected chi connectivity index (χ4v) is 4.69. The summed E-state index contributed by atoms with van der Waals surface area (Å²) < 4.78 is 39.1. The van der Waals surface area contributed by atoms with Crippen LogP contribution >= 0.6 is 15.9 Å². The van der Waals surface area contributed by atoms with E-state index < -0.39 is 10.0 Å². The van der Waals surface area contributed by atoms with Crippen LogP contribution in [0.5, 0.6) is 11.5 Å². The molecular formula is C14H21BrN2O4S. The minimum absolute atomic E-state index is 0.0937. The Kier molecular flexibility index (Phi) is 5.70. The number of ether oxygens (including phenoxy) is 2. The number of halogens is 1. The zero-order valence-electron chi connectivity index (χ0n) is 12.8. The minimum Gasteiger partial charge on any atom is -0.495 e. The SMILES string of the molecule is COc1cc(OC)c(S(=O)(=O)NC2CCCNC2C)cc1Br. The molecule has 2 rings (SSSR count). The molecule has 0 radical (unpaired) electrons. The van der Waals surface area contributed by atoms with Gasteiger partial charge in [0.2, 0.25) is 10.0 Å². The van der Waals surface area contributed by atoms with Crippen molar-refractivity contribution in [3.63, 3.8) is 0 Å². The second-order valence-electron chi connectivity index (χ2n) is 5.25. The Labute approximate surface area is 139 Å². The monoisotopic (exact) mass is 392 g/mol. The summed E-state index contributed by atoms with van der Waals surface area (Å²) in [6.45, 7) is 2.89. The van der Waals surface area contributed by atoms with Gasteiger partial charge in [0.05, 0.1) is 18.7 Å². The number of methoxy groups -OCH3 is 2. The van der Waals surface area contributed by atoms with Gasteiger partial charge in [-0.15, -0.1) is 0 Å². The smallest absolute Gasteiger partial charge is 0.244 e. The van der Waals surface area contributed by atoms with Crippen LogP contribution in [0.15, 0.2) is 21.5 Å². The summed E-state index contributed by atoms with van der Waals surface area (Å²) in [5.74, 6) is 0.771. The summed E-state index contributed by atoms with van der Waals surface area (Å²) >= 11 is 3.32. The van der Waals surface area contributed by atoms with E-state index in [0.717, 1.165) is 19.4 Å². The molecular weight excluding hydrogens is 372 g/mol. The molecule has 8 heteroatoms. The van der Waals surface area contributed by atoms with Crippen LogP contribution in [-0.2, 0) is 10.0 Å². The third-order valence-electron chi connectivity index (χ3n) is 3.80. The highest BCUT2D eigenvalue weighted by Gasteiger charge is 2.29. The summed E-state index contributed by atoms with van der Waals surface area (Å²) in [7, 11) is -0.731. The normalized spacial score (nSPS) is 22.4. The molecule has 1 aliphatic heterocycles. The largest absolute Gasteiger partial charge is 0.495 e. The van der Waals surface area contributed by atoms with Crippen molar-refractivity contribution < 1.29 is 17.9 Å². The predicted octanol–water partition coefficient (Wildman–Crippen LogP) is 1.89. The molecule has 1 aromatic carbocycles. The molecule has 124 valence electrons. The van der Waals surface area contributed by atoms with Crippen molar-refractivity contribution in [2.45, 2.75) is 36.7 Å². The van der Waals surface area contributed by atoms with E-state index in [2.05, 4.69) is 26.0 Å². The molecule has 0 bridgehead atoms. The first-order valence-corrected chi connectivity index (χ1v) is 9.34. The number of rotatable bonds is 5. The van der Waals surface area contributed by atoms with Gasteiger partial charge in [-0.1, -0.05) is 0 Å². The van der Waals surface area contributed by atoms with Gasteiger partial charge in [-0.2, -0.15) is 0 Å². The molecule has 0 saturated carbocycles. The van der Waals surface area contributed by atoms with E-state index >= 15 is 0 Å². The molecule has 0 spiro atoms. The maximum Gasteiger partial charge on any atom is 0.244 e. The van der Waals surface area contributed by atoms with Crippen LogP contribution in [0.1, 0.15) is 19.8 Å². The van der Waals surface area contributed by atoms with Gasteiger partial charge in [0.15, 0.2) is 0 Å². The van der Waals surface area contributed by atoms with Crippen molar-refractivity contribution in [3.05, 3.63) is 16.6 Å². The summed E-state index contributed by atoms with van der Waals surface area (Å²) in [6, 6.07) is 3.02. The van der Waals surface area contributed by atoms with Crippen LogP contribution in [0.4, 0.5) is 0 Å². The lowest BCUT2D eigenvalue weighted by Crippen LogP contribution is -2.51. The van der Waals surface area contributed by atoms with Crippen molar-refractivity contribution >= 4 is 26.0 Å². The number of nitrogens with one attached hydrogen (secondary N) is 2. The molecule has 1 fully saturated rings. The molecule has 22 heavy (non-hydrogen) atoms. The van der Waals surface area contributed by atoms with Crippen molar-refractivity contribution in [2.75, 3.05) is 20.8 Å². The molecule has 1 saturated heterocycles. The Morgan fingerprint density at radius 1 is 1.27 bits per heavy atom. The lowest BCUT2D eigenvalue weighted by Gasteiger charge is -2.30. The number of benzene rings is 1. The average molecular weight is 393 g/mol. The van der Waals surface area contributed by atoms with Gasteiger partial charge in [0, 0.05) is 18.2 Å². The van der Waals surface area contributed by atoms with Gasteiger partial charge < -0.3 is 14.8 Å². The number of piperidine rings is 1. The van der Waals surface area contributed by atoms with E-state index in [0.29, 0.717) is 10.2 Å². The predicted molar refractivity (Wildman–Crippen MR) is 88.1 cm³/mol. The Morgan fingerprint density at radius 2 is 1.95 bits per heavy atom. The van der Waals surface area contributed by atoms with Gasteiger partial charge in [0.1, 0.15) is 16.4 Å². The highest BCUT2D eigenvalue weighted by atomic mass is 79.9. The van der Waals surface area contributed by atoms with E-state index in [-0.39, 0.29) is 22.7 Å². The van der Waals surface area contributed by atoms with Gasteiger partial charge in [-0.3, -0.25) is 0 Å². The number of hydrogen-bond acceptors (Lipinski definition) is 5. The quantitative estimate of drug-likeness (QED) is 0.799. The third kappa shape index (κ3) is 3.73. The molecule has 1 aliphatic rings. The fraction of sp³-hybridized carbons (Fsp3) is 0.571. The van der Waals surface area contributed by atoms with Crippen molar-refractivity contribution in [1.29, 1.82) is 0 Å². The Balaban J connectivity index is 2.34.